The molecule has 0 radical (unpaired) electrons. The van der Waals surface area contributed by atoms with Crippen LogP contribution in [0.1, 0.15) is 37.7 Å². The lowest BCUT2D eigenvalue weighted by atomic mass is 9.80. The normalized spacial score (nSPS) is 19.5. The van der Waals surface area contributed by atoms with Gasteiger partial charge in [0.15, 0.2) is 17.5 Å². The second-order valence-electron chi connectivity index (χ2n) is 7.85. The topological polar surface area (TPSA) is 67.4 Å². The number of hydrogen-bond acceptors (Lipinski definition) is 5. The van der Waals surface area contributed by atoms with Crippen molar-refractivity contribution in [1.82, 2.24) is 15.5 Å². The van der Waals surface area contributed by atoms with E-state index in [0.29, 0.717) is 6.54 Å². The number of nitrogens with one attached hydrogen (secondary N) is 2. The van der Waals surface area contributed by atoms with Crippen molar-refractivity contribution in [2.75, 3.05) is 54.1 Å². The molecular formula is C22H37IN4O3. The quantitative estimate of drug-likeness (QED) is 0.320. The zero-order valence-electron chi connectivity index (χ0n) is 18.5. The van der Waals surface area contributed by atoms with Crippen molar-refractivity contribution in [2.45, 2.75) is 44.2 Å². The average Bonchev–Trinajstić information content (AvgIpc) is 2.80. The highest BCUT2D eigenvalue weighted by Crippen LogP contribution is 2.34. The largest absolute Gasteiger partial charge is 0.493 e. The van der Waals surface area contributed by atoms with Crippen LogP contribution in [0.25, 0.3) is 0 Å². The highest BCUT2D eigenvalue weighted by molar-refractivity contribution is 14.0. The van der Waals surface area contributed by atoms with Crippen molar-refractivity contribution < 1.29 is 14.2 Å². The summed E-state index contributed by atoms with van der Waals surface area (Å²) in [7, 11) is 5.13. The first-order valence-corrected chi connectivity index (χ1v) is 10.7. The van der Waals surface area contributed by atoms with Crippen LogP contribution < -0.4 is 20.1 Å². The maximum absolute atomic E-state index is 5.59. The van der Waals surface area contributed by atoms with E-state index in [0.717, 1.165) is 55.9 Å². The Balaban J connectivity index is 0.00000320. The minimum atomic E-state index is 0. The van der Waals surface area contributed by atoms with Crippen molar-refractivity contribution in [2.24, 2.45) is 4.99 Å². The van der Waals surface area contributed by atoms with Gasteiger partial charge in [-0.1, -0.05) is 25.3 Å². The third kappa shape index (κ3) is 6.37. The number of ether oxygens (including phenoxy) is 3. The molecule has 1 aromatic carbocycles. The van der Waals surface area contributed by atoms with Crippen LogP contribution in [-0.4, -0.2) is 70.5 Å². The van der Waals surface area contributed by atoms with Gasteiger partial charge >= 0.3 is 0 Å². The molecule has 170 valence electrons. The van der Waals surface area contributed by atoms with E-state index in [1.165, 1.54) is 32.1 Å². The lowest BCUT2D eigenvalue weighted by Crippen LogP contribution is -2.60. The summed E-state index contributed by atoms with van der Waals surface area (Å²) in [4.78, 5) is 7.08. The zero-order chi connectivity index (χ0) is 20.5. The number of aliphatic imine (C=N–C) groups is 1. The summed E-state index contributed by atoms with van der Waals surface area (Å²) >= 11 is 0. The molecule has 1 aliphatic carbocycles. The molecule has 0 spiro atoms. The fraction of sp³-hybridized carbons (Fsp3) is 0.682. The third-order valence-electron chi connectivity index (χ3n) is 6.18. The minimum absolute atomic E-state index is 0. The van der Waals surface area contributed by atoms with Crippen molar-refractivity contribution >= 4 is 29.9 Å². The molecule has 1 aliphatic heterocycles. The lowest BCUT2D eigenvalue weighted by Gasteiger charge is -2.48. The average molecular weight is 532 g/mol. The van der Waals surface area contributed by atoms with Crippen LogP contribution >= 0.6 is 24.0 Å². The smallest absolute Gasteiger partial charge is 0.191 e. The van der Waals surface area contributed by atoms with E-state index in [1.807, 2.05) is 25.2 Å². The maximum Gasteiger partial charge on any atom is 0.191 e. The maximum atomic E-state index is 5.59. The van der Waals surface area contributed by atoms with Crippen LogP contribution in [0.5, 0.6) is 11.5 Å². The van der Waals surface area contributed by atoms with Gasteiger partial charge in [-0.3, -0.25) is 9.89 Å². The van der Waals surface area contributed by atoms with Gasteiger partial charge in [0, 0.05) is 38.8 Å². The fourth-order valence-electron chi connectivity index (χ4n) is 4.50. The molecule has 0 unspecified atom stereocenters. The first kappa shape index (κ1) is 25.0. The molecule has 8 heteroatoms. The number of benzene rings is 1. The first-order valence-electron chi connectivity index (χ1n) is 10.7. The predicted octanol–water partition coefficient (Wildman–Crippen LogP) is 3.02. The number of rotatable bonds is 7. The number of morpholine rings is 1. The summed E-state index contributed by atoms with van der Waals surface area (Å²) in [6.45, 7) is 5.32. The molecule has 7 nitrogen and oxygen atoms in total. The molecule has 30 heavy (non-hydrogen) atoms. The molecule has 2 fully saturated rings. The summed E-state index contributed by atoms with van der Waals surface area (Å²) in [6.07, 6.45) is 6.44. The van der Waals surface area contributed by atoms with Gasteiger partial charge in [0.1, 0.15) is 0 Å². The van der Waals surface area contributed by atoms with Gasteiger partial charge in [0.2, 0.25) is 0 Å². The molecule has 0 amide bonds. The van der Waals surface area contributed by atoms with Gasteiger partial charge in [-0.25, -0.2) is 0 Å². The Hall–Kier alpha value is -1.26. The Morgan fingerprint density at radius 2 is 1.77 bits per heavy atom. The van der Waals surface area contributed by atoms with Crippen LogP contribution in [0.3, 0.4) is 0 Å². The van der Waals surface area contributed by atoms with Crippen molar-refractivity contribution in [3.05, 3.63) is 23.8 Å². The summed E-state index contributed by atoms with van der Waals surface area (Å²) in [6, 6.07) is 5.97. The molecule has 0 atom stereocenters. The van der Waals surface area contributed by atoms with Gasteiger partial charge in [0.25, 0.3) is 0 Å². The molecule has 0 bridgehead atoms. The van der Waals surface area contributed by atoms with Crippen molar-refractivity contribution in [3.63, 3.8) is 0 Å². The van der Waals surface area contributed by atoms with E-state index in [9.17, 15) is 0 Å². The van der Waals surface area contributed by atoms with Gasteiger partial charge in [-0.05, 0) is 30.5 Å². The Labute approximate surface area is 197 Å². The SMILES string of the molecule is CN=C(NCc1ccc(OC)c(OC)c1)NCC1(N2CCOCC2)CCCCC1.I. The third-order valence-corrected chi connectivity index (χ3v) is 6.18. The molecule has 1 saturated heterocycles. The molecule has 3 rings (SSSR count). The highest BCUT2D eigenvalue weighted by atomic mass is 127. The number of guanidine groups is 1. The van der Waals surface area contributed by atoms with Crippen LogP contribution in [0.15, 0.2) is 23.2 Å². The summed E-state index contributed by atoms with van der Waals surface area (Å²) in [5.41, 5.74) is 1.33. The van der Waals surface area contributed by atoms with E-state index in [2.05, 4.69) is 20.5 Å². The minimum Gasteiger partial charge on any atom is -0.493 e. The lowest BCUT2D eigenvalue weighted by molar-refractivity contribution is -0.0352. The Morgan fingerprint density at radius 3 is 2.40 bits per heavy atom. The molecule has 2 aliphatic rings. The highest BCUT2D eigenvalue weighted by Gasteiger charge is 2.38. The molecule has 1 heterocycles. The van der Waals surface area contributed by atoms with Gasteiger partial charge in [-0.15, -0.1) is 24.0 Å². The van der Waals surface area contributed by atoms with E-state index < -0.39 is 0 Å². The fourth-order valence-corrected chi connectivity index (χ4v) is 4.50. The predicted molar refractivity (Wildman–Crippen MR) is 131 cm³/mol. The van der Waals surface area contributed by atoms with Crippen molar-refractivity contribution in [1.29, 1.82) is 0 Å². The van der Waals surface area contributed by atoms with Gasteiger partial charge in [0.05, 0.1) is 27.4 Å². The molecule has 0 aromatic heterocycles. The van der Waals surface area contributed by atoms with Crippen LogP contribution in [0.2, 0.25) is 0 Å². The molecular weight excluding hydrogens is 495 g/mol. The molecule has 1 saturated carbocycles. The molecule has 2 N–H and O–H groups in total. The van der Waals surface area contributed by atoms with E-state index >= 15 is 0 Å². The second kappa shape index (κ2) is 12.6. The van der Waals surface area contributed by atoms with Gasteiger partial charge in [-0.2, -0.15) is 0 Å². The number of hydrogen-bond donors (Lipinski definition) is 2. The van der Waals surface area contributed by atoms with Gasteiger partial charge < -0.3 is 24.8 Å². The monoisotopic (exact) mass is 532 g/mol. The van der Waals surface area contributed by atoms with Crippen LogP contribution in [-0.2, 0) is 11.3 Å². The van der Waals surface area contributed by atoms with E-state index in [4.69, 9.17) is 14.2 Å². The zero-order valence-corrected chi connectivity index (χ0v) is 20.9. The summed E-state index contributed by atoms with van der Waals surface area (Å²) in [5.74, 6) is 2.31. The van der Waals surface area contributed by atoms with E-state index in [-0.39, 0.29) is 29.5 Å². The summed E-state index contributed by atoms with van der Waals surface area (Å²) in [5, 5.41) is 7.03. The Bertz CT molecular complexity index is 674. The Kier molecular flexibility index (Phi) is 10.5. The van der Waals surface area contributed by atoms with Crippen LogP contribution in [0.4, 0.5) is 0 Å². The number of halogens is 1. The number of methoxy groups -OCH3 is 2. The number of nitrogens with zero attached hydrogens (tertiary/aromatic N) is 2. The standard InChI is InChI=1S/C22H36N4O3.HI/c1-23-21(24-16-18-7-8-19(27-2)20(15-18)28-3)25-17-22(9-5-4-6-10-22)26-11-13-29-14-12-26;/h7-8,15H,4-6,9-14,16-17H2,1-3H3,(H2,23,24,25);1H. The summed E-state index contributed by atoms with van der Waals surface area (Å²) < 4.78 is 16.3. The van der Waals surface area contributed by atoms with E-state index in [1.54, 1.807) is 14.2 Å². The Morgan fingerprint density at radius 1 is 1.07 bits per heavy atom. The second-order valence-corrected chi connectivity index (χ2v) is 7.85. The molecule has 1 aromatic rings. The van der Waals surface area contributed by atoms with Crippen LogP contribution in [0, 0.1) is 0 Å². The first-order chi connectivity index (χ1) is 14.2. The van der Waals surface area contributed by atoms with Crippen molar-refractivity contribution in [3.8, 4) is 11.5 Å².